The fourth-order valence-corrected chi connectivity index (χ4v) is 14.4. The van der Waals surface area contributed by atoms with Crippen LogP contribution in [0, 0.1) is 117 Å². The molecule has 6 fully saturated rings. The van der Waals surface area contributed by atoms with Gasteiger partial charge in [-0.2, -0.15) is 0 Å². The summed E-state index contributed by atoms with van der Waals surface area (Å²) in [6.07, 6.45) is 0. The van der Waals surface area contributed by atoms with Gasteiger partial charge in [0, 0.05) is 0 Å². The molecule has 18 atom stereocenters. The van der Waals surface area contributed by atoms with E-state index < -0.39 is 0 Å². The van der Waals surface area contributed by atoms with E-state index in [1.54, 1.807) is 0 Å². The first kappa shape index (κ1) is 22.5. The van der Waals surface area contributed by atoms with Crippen LogP contribution >= 0.6 is 0 Å². The zero-order chi connectivity index (χ0) is 23.4. The summed E-state index contributed by atoms with van der Waals surface area (Å²) in [5, 5.41) is 0. The van der Waals surface area contributed by atoms with Crippen molar-refractivity contribution in [1.29, 1.82) is 0 Å². The van der Waals surface area contributed by atoms with Gasteiger partial charge >= 0.3 is 0 Å². The van der Waals surface area contributed by atoms with Crippen molar-refractivity contribution in [2.24, 2.45) is 117 Å². The molecule has 0 aromatic heterocycles. The molecule has 0 heteroatoms. The molecule has 0 amide bonds. The van der Waals surface area contributed by atoms with Crippen LogP contribution in [0.2, 0.25) is 0 Å². The maximum atomic E-state index is 2.90. The summed E-state index contributed by atoms with van der Waals surface area (Å²) in [5.41, 5.74) is 1.03. The average molecular weight is 439 g/mol. The first-order chi connectivity index (χ1) is 14.8. The molecule has 6 aliphatic carbocycles. The second-order valence-corrected chi connectivity index (χ2v) is 15.5. The molecule has 0 bridgehead atoms. The predicted octanol–water partition coefficient (Wildman–Crippen LogP) is 8.37. The van der Waals surface area contributed by atoms with Gasteiger partial charge in [-0.1, -0.05) is 83.1 Å². The smallest absolute Gasteiger partial charge is 0.0199 e. The van der Waals surface area contributed by atoms with Crippen molar-refractivity contribution in [2.45, 2.75) is 83.1 Å². The highest BCUT2D eigenvalue weighted by atomic mass is 14.9. The highest BCUT2D eigenvalue weighted by Gasteiger charge is 2.81. The van der Waals surface area contributed by atoms with E-state index in [4.69, 9.17) is 0 Å². The van der Waals surface area contributed by atoms with Crippen molar-refractivity contribution in [3.8, 4) is 0 Å². The first-order valence-electron chi connectivity index (χ1n) is 14.8. The average Bonchev–Trinajstić information content (AvgIpc) is 3.01. The highest BCUT2D eigenvalue weighted by Crippen LogP contribution is 2.85. The summed E-state index contributed by atoms with van der Waals surface area (Å²) in [6.45, 7) is 32.7. The van der Waals surface area contributed by atoms with Gasteiger partial charge in [0.05, 0.1) is 0 Å². The lowest BCUT2D eigenvalue weighted by Crippen LogP contribution is -2.68. The summed E-state index contributed by atoms with van der Waals surface area (Å²) < 4.78 is 0. The zero-order valence-corrected chi connectivity index (χ0v) is 23.4. The molecule has 6 aliphatic rings. The van der Waals surface area contributed by atoms with Gasteiger partial charge in [0.25, 0.3) is 0 Å². The molecule has 0 spiro atoms. The summed E-state index contributed by atoms with van der Waals surface area (Å²) >= 11 is 0. The normalized spacial score (nSPS) is 73.9. The molecule has 0 aliphatic heterocycles. The molecule has 32 heavy (non-hydrogen) atoms. The number of hydrogen-bond donors (Lipinski definition) is 0. The molecule has 6 saturated carbocycles. The van der Waals surface area contributed by atoms with Crippen LogP contribution in [0.5, 0.6) is 0 Å². The Bertz CT molecular complexity index is 728. The van der Waals surface area contributed by atoms with Crippen molar-refractivity contribution < 1.29 is 0 Å². The second kappa shape index (κ2) is 6.40. The minimum atomic E-state index is 0.494. The van der Waals surface area contributed by atoms with Crippen molar-refractivity contribution in [1.82, 2.24) is 0 Å². The molecule has 0 N–H and O–H groups in total. The molecule has 0 nitrogen and oxygen atoms in total. The molecular weight excluding hydrogens is 384 g/mol. The Kier molecular flexibility index (Phi) is 4.50. The minimum Gasteiger partial charge on any atom is -0.0620 e. The first-order valence-corrected chi connectivity index (χ1v) is 14.8. The second-order valence-electron chi connectivity index (χ2n) is 15.5. The van der Waals surface area contributed by atoms with E-state index in [2.05, 4.69) is 83.1 Å². The quantitative estimate of drug-likeness (QED) is 0.356. The lowest BCUT2D eigenvalue weighted by molar-refractivity contribution is -0.257. The van der Waals surface area contributed by atoms with E-state index in [-0.39, 0.29) is 0 Å². The van der Waals surface area contributed by atoms with E-state index in [0.29, 0.717) is 10.8 Å². The summed E-state index contributed by atoms with van der Waals surface area (Å²) in [5.74, 6) is 16.7. The van der Waals surface area contributed by atoms with E-state index >= 15 is 0 Å². The Morgan fingerprint density at radius 3 is 0.906 bits per heavy atom. The highest BCUT2D eigenvalue weighted by molar-refractivity contribution is 5.28. The van der Waals surface area contributed by atoms with Crippen molar-refractivity contribution in [2.75, 3.05) is 0 Å². The third-order valence-corrected chi connectivity index (χ3v) is 16.4. The predicted molar refractivity (Wildman–Crippen MR) is 136 cm³/mol. The third-order valence-electron chi connectivity index (χ3n) is 16.4. The SMILES string of the molecule is CC1C(C)C2C(C)C(C)C3C(C)C(C)C4(C)C(C)C(C)C5C(C)C(C)C1C1C2C3C4(C)C51. The van der Waals surface area contributed by atoms with Crippen molar-refractivity contribution in [3.63, 3.8) is 0 Å². The molecule has 0 heterocycles. The van der Waals surface area contributed by atoms with Crippen LogP contribution < -0.4 is 0 Å². The number of hydrogen-bond acceptors (Lipinski definition) is 0. The van der Waals surface area contributed by atoms with Gasteiger partial charge in [0.1, 0.15) is 0 Å². The van der Waals surface area contributed by atoms with E-state index in [0.717, 1.165) is 107 Å². The van der Waals surface area contributed by atoms with Crippen LogP contribution in [0.3, 0.4) is 0 Å². The van der Waals surface area contributed by atoms with E-state index in [1.807, 2.05) is 0 Å². The Balaban J connectivity index is 1.68. The lowest BCUT2D eigenvalue weighted by atomic mass is 9.32. The van der Waals surface area contributed by atoms with Gasteiger partial charge in [-0.3, -0.25) is 0 Å². The van der Waals surface area contributed by atoms with Gasteiger partial charge in [-0.15, -0.1) is 0 Å². The van der Waals surface area contributed by atoms with E-state index in [1.165, 1.54) is 0 Å². The van der Waals surface area contributed by atoms with Gasteiger partial charge in [0.15, 0.2) is 0 Å². The van der Waals surface area contributed by atoms with E-state index in [9.17, 15) is 0 Å². The van der Waals surface area contributed by atoms with Crippen LogP contribution in [0.25, 0.3) is 0 Å². The van der Waals surface area contributed by atoms with Crippen LogP contribution in [0.1, 0.15) is 83.1 Å². The Labute approximate surface area is 200 Å². The van der Waals surface area contributed by atoms with Crippen LogP contribution in [0.4, 0.5) is 0 Å². The maximum absolute atomic E-state index is 2.90. The van der Waals surface area contributed by atoms with Gasteiger partial charge < -0.3 is 0 Å². The molecule has 182 valence electrons. The lowest BCUT2D eigenvalue weighted by Gasteiger charge is -2.73. The van der Waals surface area contributed by atoms with Crippen LogP contribution in [0.15, 0.2) is 0 Å². The minimum absolute atomic E-state index is 0.494. The topological polar surface area (TPSA) is 0 Å². The molecule has 0 saturated heterocycles. The molecule has 0 radical (unpaired) electrons. The Hall–Kier alpha value is 0. The molecule has 0 aromatic carbocycles. The monoisotopic (exact) mass is 438 g/mol. The third kappa shape index (κ3) is 1.98. The standard InChI is InChI=1S/C32H54/c1-13-14(2)24-16(4)18(6)26-20(8)22(10)31(11)21(9)19(7)25-17(5)15(3)23(13)27-28(24)30(26)32(31,12)29(25)27/h13-30H,1-12H3. The van der Waals surface area contributed by atoms with Crippen LogP contribution in [-0.2, 0) is 0 Å². The Morgan fingerprint density at radius 2 is 0.594 bits per heavy atom. The zero-order valence-electron chi connectivity index (χ0n) is 23.4. The van der Waals surface area contributed by atoms with Gasteiger partial charge in [-0.05, 0) is 117 Å². The summed E-state index contributed by atoms with van der Waals surface area (Å²) in [6, 6.07) is 0. The van der Waals surface area contributed by atoms with Gasteiger partial charge in [-0.25, -0.2) is 0 Å². The fraction of sp³-hybridized carbons (Fsp3) is 1.00. The number of rotatable bonds is 0. The molecule has 0 aromatic rings. The largest absolute Gasteiger partial charge is 0.0620 e. The maximum Gasteiger partial charge on any atom is -0.0199 e. The van der Waals surface area contributed by atoms with Crippen molar-refractivity contribution in [3.05, 3.63) is 0 Å². The molecule has 18 unspecified atom stereocenters. The fourth-order valence-electron chi connectivity index (χ4n) is 14.4. The summed E-state index contributed by atoms with van der Waals surface area (Å²) in [4.78, 5) is 0. The van der Waals surface area contributed by atoms with Crippen LogP contribution in [-0.4, -0.2) is 0 Å². The molecular formula is C32H54. The van der Waals surface area contributed by atoms with Gasteiger partial charge in [0.2, 0.25) is 0 Å². The molecule has 6 rings (SSSR count). The Morgan fingerprint density at radius 1 is 0.312 bits per heavy atom. The summed E-state index contributed by atoms with van der Waals surface area (Å²) in [7, 11) is 0. The van der Waals surface area contributed by atoms with Crippen molar-refractivity contribution >= 4 is 0 Å².